The van der Waals surface area contributed by atoms with Crippen LogP contribution in [0.5, 0.6) is 0 Å². The topological polar surface area (TPSA) is 471 Å². The predicted molar refractivity (Wildman–Crippen MR) is 477 cm³/mol. The average Bonchev–Trinajstić information content (AvgIpc) is 1.68. The van der Waals surface area contributed by atoms with Crippen molar-refractivity contribution in [2.75, 3.05) is 86.4 Å². The Morgan fingerprint density at radius 2 is 0.814 bits per heavy atom. The van der Waals surface area contributed by atoms with Crippen LogP contribution in [0, 0.1) is 17.5 Å². The lowest BCUT2D eigenvalue weighted by Gasteiger charge is -2.49. The first kappa shape index (κ1) is 99.7. The van der Waals surface area contributed by atoms with Gasteiger partial charge >= 0.3 is 39.2 Å². The van der Waals surface area contributed by atoms with E-state index in [1.165, 1.54) is 109 Å². The molecule has 3 aromatic carbocycles. The SMILES string of the molecule is CC(C)(C)OC(=O)NS(=O)(=O)Cl.COC(=O)C1=C(CN2[C@@H]3COC[C@H]2CC(N)C3)NC(c2nccs2)=N[C@H]1c1ccc(F)cc1Cl.COC(=O)C1=C(CN2[C@@H]3COC[C@H]2CC(NS(=O)(=O)CC(=O)OC(C)(C)C)C3)NC(c2nccs2)=N[C@H]1c1ccc(F)cc1Cl.COC(=O)C1=C(CN2[C@@H]3COC[C@H]2CC(NS(N)(=O)=O)C3)NC(c2nccs2)=N[C@H]1c1ccc(F)cc1Cl. The second kappa shape index (κ2) is 42.7. The van der Waals surface area contributed by atoms with Crippen molar-refractivity contribution >= 4 is 156 Å². The van der Waals surface area contributed by atoms with E-state index < -0.39 is 118 Å². The number of halogens is 7. The number of aliphatic imine (C=N–C) groups is 3. The lowest BCUT2D eigenvalue weighted by Crippen LogP contribution is -2.62. The van der Waals surface area contributed by atoms with Gasteiger partial charge in [-0.1, -0.05) is 53.0 Å². The summed E-state index contributed by atoms with van der Waals surface area (Å²) in [6.45, 7) is 13.5. The number of carbonyl (C=O) groups excluding carboxylic acids is 5. The van der Waals surface area contributed by atoms with Crippen LogP contribution in [-0.2, 0) is 86.5 Å². The molecule has 0 saturated carbocycles. The molecule has 1 amide bonds. The van der Waals surface area contributed by atoms with E-state index in [-0.39, 0.29) is 81.1 Å². The van der Waals surface area contributed by atoms with Gasteiger partial charge in [-0.2, -0.15) is 21.6 Å². The van der Waals surface area contributed by atoms with Crippen LogP contribution in [0.4, 0.5) is 18.0 Å². The van der Waals surface area contributed by atoms with Crippen molar-refractivity contribution < 1.29 is 100 Å². The molecule has 6 saturated heterocycles. The third-order valence-electron chi connectivity index (χ3n) is 21.4. The number of sulfonamides is 1. The normalized spacial score (nSPS) is 24.4. The van der Waals surface area contributed by atoms with E-state index in [4.69, 9.17) is 104 Å². The van der Waals surface area contributed by atoms with E-state index >= 15 is 0 Å². The summed E-state index contributed by atoms with van der Waals surface area (Å²) < 4.78 is 161. The number of nitrogens with zero attached hydrogens (tertiary/aromatic N) is 9. The maximum absolute atomic E-state index is 14.0. The number of nitrogens with two attached hydrogens (primary N) is 2. The molecular formula is C80H96Cl4F3N17O19S6. The number of morpholine rings is 3. The minimum atomic E-state index is -4.05. The molecule has 3 aromatic heterocycles. The van der Waals surface area contributed by atoms with Crippen molar-refractivity contribution in [3.63, 3.8) is 0 Å². The number of piperidine rings is 3. The summed E-state index contributed by atoms with van der Waals surface area (Å²) in [7, 11) is -3.26. The van der Waals surface area contributed by atoms with Crippen molar-refractivity contribution in [3.05, 3.63) is 187 Å². The average molecular weight is 1990 g/mol. The number of fused-ring (bicyclic) bond motifs is 6. The van der Waals surface area contributed by atoms with E-state index in [2.05, 4.69) is 59.8 Å². The predicted octanol–water partition coefficient (Wildman–Crippen LogP) is 8.06. The van der Waals surface area contributed by atoms with Crippen molar-refractivity contribution in [2.24, 2.45) is 25.8 Å². The molecule has 6 bridgehead atoms. The first-order chi connectivity index (χ1) is 60.9. The highest BCUT2D eigenvalue weighted by Gasteiger charge is 2.47. The summed E-state index contributed by atoms with van der Waals surface area (Å²) in [5.41, 5.74) is 8.61. The molecule has 129 heavy (non-hydrogen) atoms. The molecule has 10 N–H and O–H groups in total. The molecule has 12 heterocycles. The van der Waals surface area contributed by atoms with Crippen LogP contribution in [0.3, 0.4) is 0 Å². The molecule has 12 atom stereocenters. The molecule has 0 aliphatic carbocycles. The number of hydrogen-bond donors (Lipinski definition) is 8. The molecule has 3 unspecified atom stereocenters. The van der Waals surface area contributed by atoms with Crippen molar-refractivity contribution in [3.8, 4) is 0 Å². The number of aromatic nitrogens is 3. The lowest BCUT2D eigenvalue weighted by atomic mass is 9.89. The summed E-state index contributed by atoms with van der Waals surface area (Å²) >= 11 is 23.5. The van der Waals surface area contributed by atoms with Gasteiger partial charge < -0.3 is 59.6 Å². The molecule has 15 rings (SSSR count). The molecular weight excluding hydrogens is 1890 g/mol. The van der Waals surface area contributed by atoms with Gasteiger partial charge in [-0.15, -0.1) is 34.0 Å². The Morgan fingerprint density at radius 3 is 1.09 bits per heavy atom. The summed E-state index contributed by atoms with van der Waals surface area (Å²) in [5, 5.41) is 22.9. The second-order valence-corrected chi connectivity index (χ2v) is 42.2. The second-order valence-electron chi connectivity index (χ2n) is 33.0. The summed E-state index contributed by atoms with van der Waals surface area (Å²) in [5.74, 6) is -3.46. The molecule has 0 spiro atoms. The van der Waals surface area contributed by atoms with E-state index in [0.717, 1.165) is 12.8 Å². The summed E-state index contributed by atoms with van der Waals surface area (Å²) in [6, 6.07) is 8.36. The summed E-state index contributed by atoms with van der Waals surface area (Å²) in [6.07, 6.45) is 7.30. The Kier molecular flexibility index (Phi) is 33.0. The van der Waals surface area contributed by atoms with Gasteiger partial charge in [0.25, 0.3) is 10.2 Å². The van der Waals surface area contributed by atoms with Crippen LogP contribution < -0.4 is 41.0 Å². The number of benzene rings is 3. The quantitative estimate of drug-likeness (QED) is 0.0181. The maximum atomic E-state index is 14.0. The first-order valence-corrected chi connectivity index (χ1v) is 49.4. The van der Waals surface area contributed by atoms with Gasteiger partial charge in [0.1, 0.15) is 46.8 Å². The summed E-state index contributed by atoms with van der Waals surface area (Å²) in [4.78, 5) is 96.6. The largest absolute Gasteiger partial charge is 0.466 e. The highest BCUT2D eigenvalue weighted by molar-refractivity contribution is 8.12. The van der Waals surface area contributed by atoms with Crippen LogP contribution >= 0.6 is 79.5 Å². The van der Waals surface area contributed by atoms with Crippen LogP contribution in [-0.4, -0.2) is 254 Å². The van der Waals surface area contributed by atoms with Gasteiger partial charge in [-0.05, 0) is 116 Å². The fourth-order valence-electron chi connectivity index (χ4n) is 16.4. The zero-order chi connectivity index (χ0) is 93.4. The van der Waals surface area contributed by atoms with E-state index in [1.807, 2.05) is 10.8 Å². The Morgan fingerprint density at radius 1 is 0.504 bits per heavy atom. The Labute approximate surface area is 774 Å². The number of thiazole rings is 3. The number of nitrogens with one attached hydrogen (secondary N) is 6. The van der Waals surface area contributed by atoms with E-state index in [1.54, 1.807) is 71.6 Å². The molecule has 9 aliphatic heterocycles. The van der Waals surface area contributed by atoms with Crippen LogP contribution in [0.2, 0.25) is 15.1 Å². The number of rotatable bonds is 22. The van der Waals surface area contributed by atoms with Crippen molar-refractivity contribution in [2.45, 2.75) is 164 Å². The minimum Gasteiger partial charge on any atom is -0.466 e. The molecule has 6 aromatic rings. The van der Waals surface area contributed by atoms with Gasteiger partial charge in [0.05, 0.1) is 77.7 Å². The number of hydrogen-bond acceptors (Lipinski definition) is 35. The standard InChI is InChI=1S/C29H35ClFN5O7S2.C23H26ClFN6O5S2.C23H25ClFN5O3S.C5H10ClNO4S/c1-29(2,3)43-23(37)15-45(39,40)35-17-10-18-13-42-14-19(11-17)36(18)12-22-24(28(38)41-4)25(20-6-5-16(31)9-21(20)30)34-26(33-22)27-32-7-8-44-27;1-35-23(32)19-18(9-31-14-7-13(30-38(26,33)34)8-15(31)11-36-10-14)28-21(22-27-4-5-37-22)29-20(19)16-3-2-12(25)6-17(16)24;1-32-23(31)19-18(9-30-14-7-13(26)8-15(30)11-33-10-14)28-21(22-27-4-5-34-22)29-20(19)16-3-2-12(25)6-17(16)24;1-5(2,3)11-4(8)7-12(6,9)10/h5-9,17-19,25,35H,10-15H2,1-4H3,(H,33,34);2-6,13-15,20,30H,7-11H2,1H3,(H,28,29)(H2,26,33,34);2-6,13-15,20H,7-11,26H2,1H3,(H,28,29);1-3H3,(H,7,8)/t17?,18-,19+,25-;2*13?,14-,15+,20-;/m000./s1. The van der Waals surface area contributed by atoms with Crippen LogP contribution in [0.1, 0.15) is 130 Å². The number of methoxy groups -OCH3 is 3. The zero-order valence-electron chi connectivity index (χ0n) is 70.9. The Hall–Kier alpha value is -8.27. The van der Waals surface area contributed by atoms with Crippen LogP contribution in [0.15, 0.2) is 138 Å². The smallest absolute Gasteiger partial charge is 0.422 e. The highest BCUT2D eigenvalue weighted by Crippen LogP contribution is 2.43. The van der Waals surface area contributed by atoms with Gasteiger partial charge in [-0.3, -0.25) is 34.5 Å². The van der Waals surface area contributed by atoms with E-state index in [0.29, 0.717) is 150 Å². The van der Waals surface area contributed by atoms with Gasteiger partial charge in [0, 0.05) is 168 Å². The number of amidine groups is 3. The third-order valence-corrected chi connectivity index (χ3v) is 27.3. The third kappa shape index (κ3) is 26.6. The van der Waals surface area contributed by atoms with Gasteiger partial charge in [0.15, 0.2) is 38.3 Å². The Balaban J connectivity index is 0.000000166. The maximum Gasteiger partial charge on any atom is 0.422 e. The minimum absolute atomic E-state index is 0.106. The molecule has 49 heteroatoms. The number of amides is 1. The van der Waals surface area contributed by atoms with Crippen LogP contribution in [0.25, 0.3) is 0 Å². The van der Waals surface area contributed by atoms with E-state index in [9.17, 15) is 62.4 Å². The fraction of sp³-hybridized carbons (Fsp3) is 0.487. The molecule has 6 fully saturated rings. The fourth-order valence-corrected chi connectivity index (χ4v) is 21.2. The molecule has 700 valence electrons. The van der Waals surface area contributed by atoms with Gasteiger partial charge in [-0.25, -0.2) is 70.3 Å². The number of esters is 4. The van der Waals surface area contributed by atoms with Gasteiger partial charge in [0.2, 0.25) is 10.0 Å². The molecule has 36 nitrogen and oxygen atoms in total. The van der Waals surface area contributed by atoms with Crippen molar-refractivity contribution in [1.82, 2.24) is 59.8 Å². The lowest BCUT2D eigenvalue weighted by molar-refractivity contribution is -0.151. The molecule has 9 aliphatic rings. The zero-order valence-corrected chi connectivity index (χ0v) is 78.9. The highest BCUT2D eigenvalue weighted by atomic mass is 35.7. The Bertz CT molecular complexity index is 5640. The monoisotopic (exact) mass is 1990 g/mol. The van der Waals surface area contributed by atoms with Crippen molar-refractivity contribution in [1.29, 1.82) is 0 Å². The number of carbonyl (C=O) groups is 5. The molecule has 0 radical (unpaired) electrons. The first-order valence-electron chi connectivity index (χ1n) is 40.2. The number of ether oxygens (including phenoxy) is 8.